The van der Waals surface area contributed by atoms with Crippen LogP contribution in [0.5, 0.6) is 5.75 Å². The molecule has 6 nitrogen and oxygen atoms in total. The highest BCUT2D eigenvalue weighted by Crippen LogP contribution is 2.33. The molecule has 30 heavy (non-hydrogen) atoms. The third-order valence-corrected chi connectivity index (χ3v) is 5.96. The standard InChI is InChI=1S/C24H28N2O4/c1-18-9-15-30-24(16-18)10-13-26(14-11-24)23(28)21-22(20(27)8-12-25(21)2)29-17-19-6-4-3-5-7-19/h3-8,12,16H,9-11,13-15,17H2,1-2H3. The molecule has 2 aliphatic heterocycles. The van der Waals surface area contributed by atoms with Gasteiger partial charge in [0.1, 0.15) is 6.61 Å². The average Bonchev–Trinajstić information content (AvgIpc) is 2.75. The predicted octanol–water partition coefficient (Wildman–Crippen LogP) is 3.31. The number of pyridine rings is 1. The monoisotopic (exact) mass is 408 g/mol. The van der Waals surface area contributed by atoms with Crippen molar-refractivity contribution in [3.8, 4) is 5.75 Å². The molecule has 1 aromatic carbocycles. The van der Waals surface area contributed by atoms with E-state index < -0.39 is 0 Å². The van der Waals surface area contributed by atoms with Crippen LogP contribution in [0.15, 0.2) is 59.0 Å². The minimum Gasteiger partial charge on any atom is -0.483 e. The Morgan fingerprint density at radius 1 is 1.17 bits per heavy atom. The van der Waals surface area contributed by atoms with Gasteiger partial charge < -0.3 is 18.9 Å². The van der Waals surface area contributed by atoms with E-state index in [-0.39, 0.29) is 29.3 Å². The zero-order chi connectivity index (χ0) is 21.1. The first-order valence-corrected chi connectivity index (χ1v) is 10.5. The largest absolute Gasteiger partial charge is 0.483 e. The van der Waals surface area contributed by atoms with E-state index in [0.717, 1.165) is 31.4 Å². The molecule has 1 fully saturated rings. The number of piperidine rings is 1. The lowest BCUT2D eigenvalue weighted by Gasteiger charge is -2.42. The van der Waals surface area contributed by atoms with Crippen LogP contribution in [0.25, 0.3) is 0 Å². The van der Waals surface area contributed by atoms with Gasteiger partial charge in [0, 0.05) is 32.4 Å². The number of benzene rings is 1. The maximum absolute atomic E-state index is 13.4. The van der Waals surface area contributed by atoms with E-state index in [0.29, 0.717) is 18.8 Å². The van der Waals surface area contributed by atoms with E-state index in [1.807, 2.05) is 30.3 Å². The number of hydrogen-bond acceptors (Lipinski definition) is 4. The molecule has 1 saturated heterocycles. The summed E-state index contributed by atoms with van der Waals surface area (Å²) in [5.41, 5.74) is 2.05. The smallest absolute Gasteiger partial charge is 0.274 e. The molecule has 0 aliphatic carbocycles. The van der Waals surface area contributed by atoms with Crippen molar-refractivity contribution < 1.29 is 14.3 Å². The minimum absolute atomic E-state index is 0.110. The molecule has 0 unspecified atom stereocenters. The van der Waals surface area contributed by atoms with Crippen LogP contribution in [0.4, 0.5) is 0 Å². The molecule has 158 valence electrons. The Morgan fingerprint density at radius 2 is 1.90 bits per heavy atom. The fraction of sp³-hybridized carbons (Fsp3) is 0.417. The van der Waals surface area contributed by atoms with Gasteiger partial charge in [-0.3, -0.25) is 9.59 Å². The van der Waals surface area contributed by atoms with E-state index in [9.17, 15) is 9.59 Å². The summed E-state index contributed by atoms with van der Waals surface area (Å²) in [7, 11) is 1.77. The van der Waals surface area contributed by atoms with Crippen molar-refractivity contribution in [1.82, 2.24) is 9.47 Å². The van der Waals surface area contributed by atoms with Crippen LogP contribution in [0.1, 0.15) is 42.2 Å². The highest BCUT2D eigenvalue weighted by molar-refractivity contribution is 5.95. The van der Waals surface area contributed by atoms with E-state index >= 15 is 0 Å². The van der Waals surface area contributed by atoms with Gasteiger partial charge in [0.25, 0.3) is 5.91 Å². The number of rotatable bonds is 4. The average molecular weight is 408 g/mol. The Hall–Kier alpha value is -2.86. The lowest BCUT2D eigenvalue weighted by Crippen LogP contribution is -2.48. The molecular weight excluding hydrogens is 380 g/mol. The lowest BCUT2D eigenvalue weighted by atomic mass is 9.87. The first kappa shape index (κ1) is 20.4. The Kier molecular flexibility index (Phi) is 5.77. The molecule has 1 spiro atoms. The third kappa shape index (κ3) is 4.19. The molecule has 3 heterocycles. The third-order valence-electron chi connectivity index (χ3n) is 5.96. The summed E-state index contributed by atoms with van der Waals surface area (Å²) in [4.78, 5) is 27.7. The maximum atomic E-state index is 13.4. The molecule has 0 radical (unpaired) electrons. The maximum Gasteiger partial charge on any atom is 0.274 e. The summed E-state index contributed by atoms with van der Waals surface area (Å²) in [6.45, 7) is 4.29. The van der Waals surface area contributed by atoms with Gasteiger partial charge in [0.05, 0.1) is 12.2 Å². The highest BCUT2D eigenvalue weighted by atomic mass is 16.5. The van der Waals surface area contributed by atoms with Crippen molar-refractivity contribution in [2.24, 2.45) is 7.05 Å². The SMILES string of the molecule is CC1=CC2(CCN(C(=O)c3c(OCc4ccccc4)c(=O)ccn3C)CC2)OCC1. The Morgan fingerprint density at radius 3 is 2.60 bits per heavy atom. The van der Waals surface area contributed by atoms with Crippen molar-refractivity contribution >= 4 is 5.91 Å². The van der Waals surface area contributed by atoms with Crippen LogP contribution in [0, 0.1) is 0 Å². The summed E-state index contributed by atoms with van der Waals surface area (Å²) in [6.07, 6.45) is 6.34. The number of amides is 1. The number of ether oxygens (including phenoxy) is 2. The van der Waals surface area contributed by atoms with Crippen molar-refractivity contribution in [2.75, 3.05) is 19.7 Å². The number of aryl methyl sites for hydroxylation is 1. The Bertz CT molecular complexity index is 1000. The van der Waals surface area contributed by atoms with E-state index in [1.54, 1.807) is 22.7 Å². The Labute approximate surface area is 176 Å². The molecule has 1 aromatic heterocycles. The van der Waals surface area contributed by atoms with E-state index in [2.05, 4.69) is 13.0 Å². The number of hydrogen-bond donors (Lipinski definition) is 0. The molecule has 0 saturated carbocycles. The normalized spacial score (nSPS) is 18.2. The van der Waals surface area contributed by atoms with Crippen LogP contribution < -0.4 is 10.2 Å². The fourth-order valence-corrected chi connectivity index (χ4v) is 4.23. The van der Waals surface area contributed by atoms with Crippen molar-refractivity contribution in [3.63, 3.8) is 0 Å². The summed E-state index contributed by atoms with van der Waals surface area (Å²) in [5.74, 6) is -0.0663. The molecule has 2 aliphatic rings. The summed E-state index contributed by atoms with van der Waals surface area (Å²) in [5, 5.41) is 0. The van der Waals surface area contributed by atoms with Gasteiger partial charge in [-0.25, -0.2) is 0 Å². The number of nitrogens with zero attached hydrogens (tertiary/aromatic N) is 2. The van der Waals surface area contributed by atoms with Gasteiger partial charge in [-0.15, -0.1) is 0 Å². The Balaban J connectivity index is 1.53. The van der Waals surface area contributed by atoms with Gasteiger partial charge in [-0.1, -0.05) is 42.0 Å². The first-order chi connectivity index (χ1) is 14.5. The molecule has 0 atom stereocenters. The number of carbonyl (C=O) groups is 1. The highest BCUT2D eigenvalue weighted by Gasteiger charge is 2.37. The summed E-state index contributed by atoms with van der Waals surface area (Å²) >= 11 is 0. The second-order valence-corrected chi connectivity index (χ2v) is 8.19. The van der Waals surface area contributed by atoms with E-state index in [1.165, 1.54) is 11.6 Å². The zero-order valence-electron chi connectivity index (χ0n) is 17.6. The van der Waals surface area contributed by atoms with Crippen LogP contribution in [0.3, 0.4) is 0 Å². The first-order valence-electron chi connectivity index (χ1n) is 10.5. The molecule has 4 rings (SSSR count). The van der Waals surface area contributed by atoms with Crippen molar-refractivity contribution in [3.05, 3.63) is 75.7 Å². The summed E-state index contributed by atoms with van der Waals surface area (Å²) < 4.78 is 13.6. The van der Waals surface area contributed by atoms with Gasteiger partial charge in [0.2, 0.25) is 5.43 Å². The fourth-order valence-electron chi connectivity index (χ4n) is 4.23. The quantitative estimate of drug-likeness (QED) is 0.729. The number of aromatic nitrogens is 1. The second-order valence-electron chi connectivity index (χ2n) is 8.19. The predicted molar refractivity (Wildman–Crippen MR) is 115 cm³/mol. The van der Waals surface area contributed by atoms with E-state index in [4.69, 9.17) is 9.47 Å². The molecule has 0 bridgehead atoms. The topological polar surface area (TPSA) is 60.8 Å². The lowest BCUT2D eigenvalue weighted by molar-refractivity contribution is -0.0523. The molecule has 2 aromatic rings. The summed E-state index contributed by atoms with van der Waals surface area (Å²) in [6, 6.07) is 11.1. The molecule has 6 heteroatoms. The number of likely N-dealkylation sites (tertiary alicyclic amines) is 1. The molecule has 1 amide bonds. The van der Waals surface area contributed by atoms with Crippen LogP contribution in [0.2, 0.25) is 0 Å². The van der Waals surface area contributed by atoms with Crippen molar-refractivity contribution in [2.45, 2.75) is 38.4 Å². The van der Waals surface area contributed by atoms with Crippen LogP contribution in [-0.2, 0) is 18.4 Å². The molecule has 0 N–H and O–H groups in total. The van der Waals surface area contributed by atoms with Gasteiger partial charge in [-0.2, -0.15) is 0 Å². The van der Waals surface area contributed by atoms with Crippen molar-refractivity contribution in [1.29, 1.82) is 0 Å². The van der Waals surface area contributed by atoms with Gasteiger partial charge >= 0.3 is 0 Å². The molecular formula is C24H28N2O4. The second kappa shape index (κ2) is 8.48. The van der Waals surface area contributed by atoms with Gasteiger partial charge in [-0.05, 0) is 31.7 Å². The van der Waals surface area contributed by atoms with Crippen LogP contribution in [-0.4, -0.2) is 40.7 Å². The minimum atomic E-state index is -0.282. The van der Waals surface area contributed by atoms with Gasteiger partial charge in [0.15, 0.2) is 11.4 Å². The number of carbonyl (C=O) groups excluding carboxylic acids is 1. The van der Waals surface area contributed by atoms with Crippen LogP contribution >= 0.6 is 0 Å². The zero-order valence-corrected chi connectivity index (χ0v) is 17.6.